The Morgan fingerprint density at radius 1 is 1.05 bits per heavy atom. The van der Waals surface area contributed by atoms with Crippen LogP contribution in [-0.2, 0) is 0 Å². The highest BCUT2D eigenvalue weighted by atomic mass is 16.3. The molecule has 98 valence electrons. The summed E-state index contributed by atoms with van der Waals surface area (Å²) in [5.41, 5.74) is 5.10. The lowest BCUT2D eigenvalue weighted by Crippen LogP contribution is -1.82. The van der Waals surface area contributed by atoms with Crippen LogP contribution in [0.15, 0.2) is 53.1 Å². The van der Waals surface area contributed by atoms with Gasteiger partial charge in [0.05, 0.1) is 6.26 Å². The predicted molar refractivity (Wildman–Crippen MR) is 79.0 cm³/mol. The molecule has 1 saturated carbocycles. The first-order chi connectivity index (χ1) is 9.85. The van der Waals surface area contributed by atoms with Crippen molar-refractivity contribution in [2.75, 3.05) is 0 Å². The van der Waals surface area contributed by atoms with Crippen molar-refractivity contribution in [2.45, 2.75) is 18.8 Å². The molecule has 2 heteroatoms. The molecule has 2 nitrogen and oxygen atoms in total. The van der Waals surface area contributed by atoms with Crippen LogP contribution < -0.4 is 0 Å². The van der Waals surface area contributed by atoms with Gasteiger partial charge in [0, 0.05) is 16.5 Å². The molecule has 0 N–H and O–H groups in total. The third-order valence-electron chi connectivity index (χ3n) is 4.00. The summed E-state index contributed by atoms with van der Waals surface area (Å²) in [6, 6.07) is 14.2. The van der Waals surface area contributed by atoms with Crippen LogP contribution in [0.1, 0.15) is 34.7 Å². The fraction of sp³-hybridized carbons (Fsp3) is 0.167. The van der Waals surface area contributed by atoms with Gasteiger partial charge in [-0.05, 0) is 48.1 Å². The summed E-state index contributed by atoms with van der Waals surface area (Å²) in [5.74, 6) is 0.770. The Morgan fingerprint density at radius 3 is 2.55 bits per heavy atom. The molecule has 4 rings (SSSR count). The smallest absolute Gasteiger partial charge is 0.150 e. The van der Waals surface area contributed by atoms with Gasteiger partial charge in [0.15, 0.2) is 0 Å². The fourth-order valence-electron chi connectivity index (χ4n) is 2.70. The molecule has 1 aliphatic rings. The molecule has 0 atom stereocenters. The maximum atomic E-state index is 10.9. The maximum Gasteiger partial charge on any atom is 0.150 e. The van der Waals surface area contributed by atoms with Crippen LogP contribution in [0.25, 0.3) is 22.1 Å². The summed E-state index contributed by atoms with van der Waals surface area (Å²) in [4.78, 5) is 10.9. The van der Waals surface area contributed by atoms with Gasteiger partial charge in [0.25, 0.3) is 0 Å². The molecule has 1 fully saturated rings. The van der Waals surface area contributed by atoms with Crippen molar-refractivity contribution in [3.63, 3.8) is 0 Å². The molecule has 3 aromatic rings. The molecule has 1 heterocycles. The van der Waals surface area contributed by atoms with Crippen molar-refractivity contribution in [3.8, 4) is 11.1 Å². The number of carbonyl (C=O) groups excluding carboxylic acids is 1. The first-order valence-corrected chi connectivity index (χ1v) is 6.92. The zero-order valence-electron chi connectivity index (χ0n) is 11.0. The minimum atomic E-state index is 0.676. The molecule has 2 aromatic carbocycles. The highest BCUT2D eigenvalue weighted by Crippen LogP contribution is 2.41. The molecule has 0 aliphatic heterocycles. The molecule has 0 amide bonds. The zero-order valence-corrected chi connectivity index (χ0v) is 11.0. The van der Waals surface area contributed by atoms with E-state index < -0.39 is 0 Å². The number of fused-ring (bicyclic) bond motifs is 1. The van der Waals surface area contributed by atoms with E-state index in [1.54, 1.807) is 12.3 Å². The van der Waals surface area contributed by atoms with Crippen molar-refractivity contribution in [1.29, 1.82) is 0 Å². The molecule has 0 radical (unpaired) electrons. The number of rotatable bonds is 3. The topological polar surface area (TPSA) is 30.2 Å². The lowest BCUT2D eigenvalue weighted by molar-refractivity contribution is 0.112. The molecular weight excluding hydrogens is 248 g/mol. The average molecular weight is 262 g/mol. The Balaban J connectivity index is 1.81. The summed E-state index contributed by atoms with van der Waals surface area (Å²) >= 11 is 0. The first-order valence-electron chi connectivity index (χ1n) is 6.92. The van der Waals surface area contributed by atoms with Crippen molar-refractivity contribution >= 4 is 17.3 Å². The Labute approximate surface area is 117 Å². The van der Waals surface area contributed by atoms with E-state index in [0.29, 0.717) is 5.56 Å². The molecule has 0 bridgehead atoms. The third kappa shape index (κ3) is 1.85. The van der Waals surface area contributed by atoms with Crippen molar-refractivity contribution in [1.82, 2.24) is 0 Å². The lowest BCUT2D eigenvalue weighted by atomic mass is 10.0. The Morgan fingerprint density at radius 2 is 1.85 bits per heavy atom. The molecule has 1 aromatic heterocycles. The minimum Gasteiger partial charge on any atom is -0.464 e. The summed E-state index contributed by atoms with van der Waals surface area (Å²) < 4.78 is 5.58. The van der Waals surface area contributed by atoms with E-state index in [1.165, 1.54) is 18.4 Å². The summed E-state index contributed by atoms with van der Waals surface area (Å²) in [6.45, 7) is 0. The van der Waals surface area contributed by atoms with Crippen molar-refractivity contribution in [3.05, 3.63) is 59.9 Å². The SMILES string of the molecule is O=Cc1ccc2occ(-c3ccc(C4CC4)cc3)c2c1. The van der Waals surface area contributed by atoms with Crippen molar-refractivity contribution < 1.29 is 9.21 Å². The quantitative estimate of drug-likeness (QED) is 0.635. The Bertz CT molecular complexity index is 777. The van der Waals surface area contributed by atoms with Gasteiger partial charge in [-0.15, -0.1) is 0 Å². The fourth-order valence-corrected chi connectivity index (χ4v) is 2.70. The molecule has 0 saturated heterocycles. The maximum absolute atomic E-state index is 10.9. The van der Waals surface area contributed by atoms with Gasteiger partial charge in [-0.3, -0.25) is 4.79 Å². The molecular formula is C18H14O2. The number of aldehydes is 1. The van der Waals surface area contributed by atoms with Gasteiger partial charge in [0.1, 0.15) is 11.9 Å². The van der Waals surface area contributed by atoms with E-state index in [9.17, 15) is 4.79 Å². The van der Waals surface area contributed by atoms with E-state index in [1.807, 2.05) is 12.1 Å². The van der Waals surface area contributed by atoms with E-state index in [2.05, 4.69) is 24.3 Å². The van der Waals surface area contributed by atoms with Gasteiger partial charge in [-0.2, -0.15) is 0 Å². The number of benzene rings is 2. The average Bonchev–Trinajstić information content (AvgIpc) is 3.27. The van der Waals surface area contributed by atoms with Crippen LogP contribution in [0.3, 0.4) is 0 Å². The summed E-state index contributed by atoms with van der Waals surface area (Å²) in [7, 11) is 0. The number of furan rings is 1. The van der Waals surface area contributed by atoms with Crippen LogP contribution in [0.2, 0.25) is 0 Å². The van der Waals surface area contributed by atoms with Gasteiger partial charge in [0.2, 0.25) is 0 Å². The Kier molecular flexibility index (Phi) is 2.49. The second-order valence-electron chi connectivity index (χ2n) is 5.42. The lowest BCUT2D eigenvalue weighted by Gasteiger charge is -2.02. The van der Waals surface area contributed by atoms with E-state index in [-0.39, 0.29) is 0 Å². The van der Waals surface area contributed by atoms with E-state index in [0.717, 1.165) is 34.3 Å². The van der Waals surface area contributed by atoms with E-state index >= 15 is 0 Å². The Hall–Kier alpha value is -2.35. The van der Waals surface area contributed by atoms with Crippen LogP contribution in [-0.4, -0.2) is 6.29 Å². The number of carbonyl (C=O) groups is 1. The van der Waals surface area contributed by atoms with Gasteiger partial charge in [-0.25, -0.2) is 0 Å². The number of hydrogen-bond donors (Lipinski definition) is 0. The van der Waals surface area contributed by atoms with Gasteiger partial charge >= 0.3 is 0 Å². The molecule has 0 unspecified atom stereocenters. The van der Waals surface area contributed by atoms with Crippen LogP contribution in [0.4, 0.5) is 0 Å². The monoisotopic (exact) mass is 262 g/mol. The molecule has 1 aliphatic carbocycles. The second-order valence-corrected chi connectivity index (χ2v) is 5.42. The van der Waals surface area contributed by atoms with Crippen LogP contribution in [0, 0.1) is 0 Å². The van der Waals surface area contributed by atoms with E-state index in [4.69, 9.17) is 4.42 Å². The van der Waals surface area contributed by atoms with Gasteiger partial charge < -0.3 is 4.42 Å². The van der Waals surface area contributed by atoms with Crippen LogP contribution in [0.5, 0.6) is 0 Å². The predicted octanol–water partition coefficient (Wildman–Crippen LogP) is 4.79. The van der Waals surface area contributed by atoms with Crippen molar-refractivity contribution in [2.24, 2.45) is 0 Å². The van der Waals surface area contributed by atoms with Crippen LogP contribution >= 0.6 is 0 Å². The second kappa shape index (κ2) is 4.34. The molecule has 0 spiro atoms. The standard InChI is InChI=1S/C18H14O2/c19-10-12-1-8-18-16(9-12)17(11-20-18)15-6-4-14(5-7-15)13-2-3-13/h1,4-11,13H,2-3H2. The highest BCUT2D eigenvalue weighted by Gasteiger charge is 2.23. The normalized spacial score (nSPS) is 14.6. The first kappa shape index (κ1) is 11.5. The third-order valence-corrected chi connectivity index (χ3v) is 4.00. The molecule has 20 heavy (non-hydrogen) atoms. The number of hydrogen-bond acceptors (Lipinski definition) is 2. The summed E-state index contributed by atoms with van der Waals surface area (Å²) in [5, 5.41) is 0.994. The van der Waals surface area contributed by atoms with Gasteiger partial charge in [-0.1, -0.05) is 24.3 Å². The largest absolute Gasteiger partial charge is 0.464 e. The highest BCUT2D eigenvalue weighted by molar-refractivity contribution is 5.96. The zero-order chi connectivity index (χ0) is 13.5. The summed E-state index contributed by atoms with van der Waals surface area (Å²) in [6.07, 6.45) is 5.27. The minimum absolute atomic E-state index is 0.676.